The molecule has 1 aromatic heterocycles. The first-order valence-electron chi connectivity index (χ1n) is 8.83. The average Bonchev–Trinajstić information content (AvgIpc) is 3.20. The maximum atomic E-state index is 12.3. The van der Waals surface area contributed by atoms with Gasteiger partial charge in [0.25, 0.3) is 5.91 Å². The number of ether oxygens (including phenoxy) is 1. The molecular weight excluding hydrogens is 344 g/mol. The molecular formula is C20H28N4O3. The predicted molar refractivity (Wildman–Crippen MR) is 106 cm³/mol. The highest BCUT2D eigenvalue weighted by Gasteiger charge is 2.16. The van der Waals surface area contributed by atoms with Gasteiger partial charge in [-0.1, -0.05) is 12.1 Å². The number of rotatable bonds is 8. The van der Waals surface area contributed by atoms with E-state index in [4.69, 9.17) is 9.15 Å². The van der Waals surface area contributed by atoms with Crippen LogP contribution in [0.4, 0.5) is 0 Å². The summed E-state index contributed by atoms with van der Waals surface area (Å²) in [5, 5.41) is 9.31. The lowest BCUT2D eigenvalue weighted by molar-refractivity contribution is 0.0268. The fraction of sp³-hybridized carbons (Fsp3) is 0.400. The van der Waals surface area contributed by atoms with E-state index >= 15 is 0 Å². The molecule has 1 amide bonds. The molecule has 0 radical (unpaired) electrons. The standard InChI is InChI=1S/C20H28N4O3/c1-20(2,26-4)14-24-19(21-3)23-12-15-7-5-8-16(11-15)18(25)22-13-17-9-6-10-27-17/h5-11H,12-14H2,1-4H3,(H,22,25)(H2,21,23,24). The van der Waals surface area contributed by atoms with Crippen molar-refractivity contribution in [2.75, 3.05) is 20.7 Å². The third-order valence-corrected chi connectivity index (χ3v) is 4.11. The van der Waals surface area contributed by atoms with Gasteiger partial charge in [-0.25, -0.2) is 0 Å². The molecule has 0 aliphatic carbocycles. The van der Waals surface area contributed by atoms with Gasteiger partial charge in [0.15, 0.2) is 5.96 Å². The highest BCUT2D eigenvalue weighted by atomic mass is 16.5. The molecule has 0 aliphatic heterocycles. The minimum absolute atomic E-state index is 0.141. The van der Waals surface area contributed by atoms with Crippen LogP contribution in [0.15, 0.2) is 52.1 Å². The number of guanidine groups is 1. The van der Waals surface area contributed by atoms with E-state index in [0.717, 1.165) is 11.3 Å². The van der Waals surface area contributed by atoms with Crippen LogP contribution < -0.4 is 16.0 Å². The smallest absolute Gasteiger partial charge is 0.251 e. The molecule has 0 bridgehead atoms. The Hall–Kier alpha value is -2.80. The third-order valence-electron chi connectivity index (χ3n) is 4.11. The van der Waals surface area contributed by atoms with Crippen LogP contribution in [-0.2, 0) is 17.8 Å². The maximum Gasteiger partial charge on any atom is 0.251 e. The summed E-state index contributed by atoms with van der Waals surface area (Å²) in [5.74, 6) is 1.25. The lowest BCUT2D eigenvalue weighted by atomic mass is 10.1. The number of methoxy groups -OCH3 is 1. The molecule has 1 heterocycles. The molecule has 0 aliphatic rings. The molecule has 0 saturated carbocycles. The summed E-state index contributed by atoms with van der Waals surface area (Å²) in [6.45, 7) is 5.53. The summed E-state index contributed by atoms with van der Waals surface area (Å²) in [5.41, 5.74) is 1.29. The van der Waals surface area contributed by atoms with Crippen molar-refractivity contribution in [1.29, 1.82) is 0 Å². The first-order chi connectivity index (χ1) is 12.9. The van der Waals surface area contributed by atoms with Crippen LogP contribution in [0.25, 0.3) is 0 Å². The Labute approximate surface area is 160 Å². The first kappa shape index (κ1) is 20.5. The van der Waals surface area contributed by atoms with E-state index in [1.54, 1.807) is 32.6 Å². The quantitative estimate of drug-likeness (QED) is 0.489. The van der Waals surface area contributed by atoms with E-state index in [-0.39, 0.29) is 11.5 Å². The van der Waals surface area contributed by atoms with Crippen LogP contribution in [0.3, 0.4) is 0 Å². The molecule has 1 aromatic carbocycles. The van der Waals surface area contributed by atoms with E-state index in [1.807, 2.05) is 38.1 Å². The van der Waals surface area contributed by atoms with Crippen molar-refractivity contribution in [3.8, 4) is 0 Å². The van der Waals surface area contributed by atoms with Crippen LogP contribution >= 0.6 is 0 Å². The molecule has 2 aromatic rings. The van der Waals surface area contributed by atoms with Crippen molar-refractivity contribution >= 4 is 11.9 Å². The topological polar surface area (TPSA) is 87.9 Å². The Morgan fingerprint density at radius 2 is 1.96 bits per heavy atom. The van der Waals surface area contributed by atoms with E-state index < -0.39 is 0 Å². The van der Waals surface area contributed by atoms with Gasteiger partial charge in [-0.3, -0.25) is 9.79 Å². The van der Waals surface area contributed by atoms with Crippen molar-refractivity contribution < 1.29 is 13.9 Å². The van der Waals surface area contributed by atoms with Gasteiger partial charge in [0.05, 0.1) is 18.4 Å². The SMILES string of the molecule is CN=C(NCc1cccc(C(=O)NCc2ccco2)c1)NCC(C)(C)OC. The number of benzene rings is 1. The minimum Gasteiger partial charge on any atom is -0.467 e. The Kier molecular flexibility index (Phi) is 7.43. The van der Waals surface area contributed by atoms with Gasteiger partial charge in [-0.2, -0.15) is 0 Å². The van der Waals surface area contributed by atoms with Crippen molar-refractivity contribution in [2.24, 2.45) is 4.99 Å². The van der Waals surface area contributed by atoms with Gasteiger partial charge in [-0.15, -0.1) is 0 Å². The molecule has 0 unspecified atom stereocenters. The van der Waals surface area contributed by atoms with Crippen LogP contribution in [0.5, 0.6) is 0 Å². The Bertz CT molecular complexity index is 754. The number of hydrogen-bond acceptors (Lipinski definition) is 4. The van der Waals surface area contributed by atoms with Crippen molar-refractivity contribution in [2.45, 2.75) is 32.5 Å². The largest absolute Gasteiger partial charge is 0.467 e. The summed E-state index contributed by atoms with van der Waals surface area (Å²) in [7, 11) is 3.40. The van der Waals surface area contributed by atoms with Crippen LogP contribution in [0.1, 0.15) is 35.5 Å². The fourth-order valence-corrected chi connectivity index (χ4v) is 2.28. The molecule has 7 nitrogen and oxygen atoms in total. The van der Waals surface area contributed by atoms with Crippen LogP contribution in [0, 0.1) is 0 Å². The number of nitrogens with zero attached hydrogens (tertiary/aromatic N) is 1. The lowest BCUT2D eigenvalue weighted by Crippen LogP contribution is -2.45. The normalized spacial score (nSPS) is 11.9. The molecule has 2 rings (SSSR count). The number of nitrogens with one attached hydrogen (secondary N) is 3. The molecule has 27 heavy (non-hydrogen) atoms. The van der Waals surface area contributed by atoms with E-state index in [0.29, 0.717) is 31.2 Å². The summed E-state index contributed by atoms with van der Waals surface area (Å²) in [4.78, 5) is 16.5. The highest BCUT2D eigenvalue weighted by molar-refractivity contribution is 5.94. The Balaban J connectivity index is 1.87. The lowest BCUT2D eigenvalue weighted by Gasteiger charge is -2.24. The first-order valence-corrected chi connectivity index (χ1v) is 8.83. The van der Waals surface area contributed by atoms with E-state index in [9.17, 15) is 4.79 Å². The minimum atomic E-state index is -0.288. The molecule has 0 spiro atoms. The molecule has 3 N–H and O–H groups in total. The number of carbonyl (C=O) groups is 1. The van der Waals surface area contributed by atoms with E-state index in [2.05, 4.69) is 20.9 Å². The van der Waals surface area contributed by atoms with E-state index in [1.165, 1.54) is 0 Å². The zero-order chi connectivity index (χ0) is 19.7. The van der Waals surface area contributed by atoms with Crippen molar-refractivity contribution in [1.82, 2.24) is 16.0 Å². The number of hydrogen-bond donors (Lipinski definition) is 3. The second-order valence-electron chi connectivity index (χ2n) is 6.71. The molecule has 7 heteroatoms. The zero-order valence-electron chi connectivity index (χ0n) is 16.3. The number of carbonyl (C=O) groups excluding carboxylic acids is 1. The molecule has 146 valence electrons. The maximum absolute atomic E-state index is 12.3. The van der Waals surface area contributed by atoms with Crippen LogP contribution in [-0.4, -0.2) is 38.2 Å². The van der Waals surface area contributed by atoms with Crippen molar-refractivity contribution in [3.05, 3.63) is 59.5 Å². The molecule has 0 fully saturated rings. The summed E-state index contributed by atoms with van der Waals surface area (Å²) < 4.78 is 10.6. The van der Waals surface area contributed by atoms with Crippen molar-refractivity contribution in [3.63, 3.8) is 0 Å². The average molecular weight is 372 g/mol. The summed E-state index contributed by atoms with van der Waals surface area (Å²) >= 11 is 0. The van der Waals surface area contributed by atoms with Gasteiger partial charge < -0.3 is 25.1 Å². The highest BCUT2D eigenvalue weighted by Crippen LogP contribution is 2.07. The van der Waals surface area contributed by atoms with Gasteiger partial charge in [0.1, 0.15) is 5.76 Å². The third kappa shape index (κ3) is 6.79. The molecule has 0 atom stereocenters. The van der Waals surface area contributed by atoms with Gasteiger partial charge >= 0.3 is 0 Å². The number of aliphatic imine (C=N–C) groups is 1. The number of furan rings is 1. The Morgan fingerprint density at radius 3 is 2.63 bits per heavy atom. The fourth-order valence-electron chi connectivity index (χ4n) is 2.28. The van der Waals surface area contributed by atoms with Gasteiger partial charge in [0, 0.05) is 32.8 Å². The predicted octanol–water partition coefficient (Wildman–Crippen LogP) is 2.30. The Morgan fingerprint density at radius 1 is 1.15 bits per heavy atom. The monoisotopic (exact) mass is 372 g/mol. The summed E-state index contributed by atoms with van der Waals surface area (Å²) in [6, 6.07) is 11.1. The number of amides is 1. The second kappa shape index (κ2) is 9.78. The molecule has 0 saturated heterocycles. The van der Waals surface area contributed by atoms with Gasteiger partial charge in [-0.05, 0) is 43.7 Å². The second-order valence-corrected chi connectivity index (χ2v) is 6.71. The van der Waals surface area contributed by atoms with Gasteiger partial charge in [0.2, 0.25) is 0 Å². The van der Waals surface area contributed by atoms with Crippen LogP contribution in [0.2, 0.25) is 0 Å². The zero-order valence-corrected chi connectivity index (χ0v) is 16.3. The summed E-state index contributed by atoms with van der Waals surface area (Å²) in [6.07, 6.45) is 1.59.